The number of thioether (sulfide) groups is 1. The summed E-state index contributed by atoms with van der Waals surface area (Å²) in [6.07, 6.45) is 0. The Labute approximate surface area is 222 Å². The third-order valence-electron chi connectivity index (χ3n) is 5.48. The number of nitrogens with zero attached hydrogens (tertiary/aromatic N) is 3. The number of hydrogen-bond donors (Lipinski definition) is 1. The van der Waals surface area contributed by atoms with E-state index in [1.807, 2.05) is 61.7 Å². The predicted octanol–water partition coefficient (Wildman–Crippen LogP) is 6.48. The van der Waals surface area contributed by atoms with Crippen LogP contribution in [0.25, 0.3) is 17.1 Å². The van der Waals surface area contributed by atoms with Crippen molar-refractivity contribution in [3.05, 3.63) is 75.1 Å². The highest BCUT2D eigenvalue weighted by Gasteiger charge is 2.23. The van der Waals surface area contributed by atoms with Crippen LogP contribution in [0.5, 0.6) is 0 Å². The average molecular weight is 541 g/mol. The number of esters is 1. The van der Waals surface area contributed by atoms with Crippen molar-refractivity contribution in [3.63, 3.8) is 0 Å². The molecule has 0 spiro atoms. The first-order valence-corrected chi connectivity index (χ1v) is 13.4. The van der Waals surface area contributed by atoms with Gasteiger partial charge in [0.1, 0.15) is 5.00 Å². The molecule has 0 aliphatic heterocycles. The van der Waals surface area contributed by atoms with Crippen molar-refractivity contribution >= 4 is 51.6 Å². The largest absolute Gasteiger partial charge is 0.462 e. The van der Waals surface area contributed by atoms with E-state index in [9.17, 15) is 9.59 Å². The standard InChI is InChI=1S/C26H25ClN4O3S2/c1-5-34-25(33)22-16(3)17(4)36-24(22)28-21(32)14-35-26-30-29-23(18-8-10-19(27)11-9-18)31(26)20-12-6-15(2)7-13-20/h6-13H,5,14H2,1-4H3,(H,28,32). The molecule has 7 nitrogen and oxygen atoms in total. The summed E-state index contributed by atoms with van der Waals surface area (Å²) in [5, 5.41) is 13.4. The van der Waals surface area contributed by atoms with Gasteiger partial charge in [-0.2, -0.15) is 0 Å². The summed E-state index contributed by atoms with van der Waals surface area (Å²) in [6, 6.07) is 15.4. The summed E-state index contributed by atoms with van der Waals surface area (Å²) in [6.45, 7) is 7.81. The Morgan fingerprint density at radius 1 is 1.06 bits per heavy atom. The SMILES string of the molecule is CCOC(=O)c1c(NC(=O)CSc2nnc(-c3ccc(Cl)cc3)n2-c2ccc(C)cc2)sc(C)c1C. The molecule has 0 saturated heterocycles. The number of benzene rings is 2. The summed E-state index contributed by atoms with van der Waals surface area (Å²) in [5.41, 5.74) is 4.09. The van der Waals surface area contributed by atoms with Gasteiger partial charge < -0.3 is 10.1 Å². The molecule has 0 aliphatic carbocycles. The monoisotopic (exact) mass is 540 g/mol. The van der Waals surface area contributed by atoms with Crippen LogP contribution in [0.3, 0.4) is 0 Å². The van der Waals surface area contributed by atoms with Crippen molar-refractivity contribution in [2.24, 2.45) is 0 Å². The van der Waals surface area contributed by atoms with Crippen LogP contribution in [-0.2, 0) is 9.53 Å². The van der Waals surface area contributed by atoms with Gasteiger partial charge in [0, 0.05) is 21.2 Å². The van der Waals surface area contributed by atoms with E-state index in [1.54, 1.807) is 19.1 Å². The molecule has 0 fully saturated rings. The Morgan fingerprint density at radius 2 is 1.75 bits per heavy atom. The number of nitrogens with one attached hydrogen (secondary N) is 1. The Morgan fingerprint density at radius 3 is 2.42 bits per heavy atom. The first kappa shape index (κ1) is 25.9. The van der Waals surface area contributed by atoms with Crippen LogP contribution in [0.15, 0.2) is 53.7 Å². The van der Waals surface area contributed by atoms with Crippen LogP contribution in [0.2, 0.25) is 5.02 Å². The maximum atomic E-state index is 12.9. The van der Waals surface area contributed by atoms with Crippen LogP contribution in [0.1, 0.15) is 33.3 Å². The fraction of sp³-hybridized carbons (Fsp3) is 0.231. The van der Waals surface area contributed by atoms with Gasteiger partial charge in [-0.3, -0.25) is 9.36 Å². The molecule has 0 atom stereocenters. The molecule has 4 rings (SSSR count). The van der Waals surface area contributed by atoms with E-state index in [4.69, 9.17) is 16.3 Å². The fourth-order valence-corrected chi connectivity index (χ4v) is 5.48. The fourth-order valence-electron chi connectivity index (χ4n) is 3.53. The van der Waals surface area contributed by atoms with Crippen molar-refractivity contribution in [2.45, 2.75) is 32.9 Å². The molecular formula is C26H25ClN4O3S2. The molecule has 0 bridgehead atoms. The van der Waals surface area contributed by atoms with Gasteiger partial charge in [-0.15, -0.1) is 21.5 Å². The minimum absolute atomic E-state index is 0.0862. The smallest absolute Gasteiger partial charge is 0.341 e. The van der Waals surface area contributed by atoms with E-state index in [2.05, 4.69) is 15.5 Å². The molecule has 186 valence electrons. The van der Waals surface area contributed by atoms with Crippen LogP contribution < -0.4 is 5.32 Å². The molecule has 0 aliphatic rings. The molecule has 2 aromatic carbocycles. The molecule has 0 saturated carbocycles. The molecule has 36 heavy (non-hydrogen) atoms. The van der Waals surface area contributed by atoms with E-state index in [1.165, 1.54) is 23.1 Å². The Hall–Kier alpha value is -3.14. The molecule has 2 heterocycles. The first-order valence-electron chi connectivity index (χ1n) is 11.3. The van der Waals surface area contributed by atoms with Crippen LogP contribution in [-0.4, -0.2) is 39.0 Å². The van der Waals surface area contributed by atoms with Crippen molar-refractivity contribution in [2.75, 3.05) is 17.7 Å². The van der Waals surface area contributed by atoms with Crippen LogP contribution in [0, 0.1) is 20.8 Å². The predicted molar refractivity (Wildman–Crippen MR) is 146 cm³/mol. The number of aromatic nitrogens is 3. The van der Waals surface area contributed by atoms with Gasteiger partial charge in [0.25, 0.3) is 0 Å². The molecule has 0 radical (unpaired) electrons. The summed E-state index contributed by atoms with van der Waals surface area (Å²) < 4.78 is 7.10. The van der Waals surface area contributed by atoms with Crippen LogP contribution in [0.4, 0.5) is 5.00 Å². The minimum Gasteiger partial charge on any atom is -0.462 e. The van der Waals surface area contributed by atoms with Gasteiger partial charge in [-0.05, 0) is 69.7 Å². The summed E-state index contributed by atoms with van der Waals surface area (Å²) >= 11 is 8.70. The number of ether oxygens (including phenoxy) is 1. The molecule has 10 heteroatoms. The lowest BCUT2D eigenvalue weighted by atomic mass is 10.1. The maximum absolute atomic E-state index is 12.9. The highest BCUT2D eigenvalue weighted by atomic mass is 35.5. The number of amides is 1. The number of hydrogen-bond acceptors (Lipinski definition) is 7. The minimum atomic E-state index is -0.436. The third kappa shape index (κ3) is 5.64. The Balaban J connectivity index is 1.58. The normalized spacial score (nSPS) is 10.9. The molecule has 2 aromatic heterocycles. The maximum Gasteiger partial charge on any atom is 0.341 e. The molecule has 1 amide bonds. The van der Waals surface area contributed by atoms with E-state index in [0.29, 0.717) is 26.6 Å². The van der Waals surface area contributed by atoms with Gasteiger partial charge in [0.05, 0.1) is 17.9 Å². The average Bonchev–Trinajstić information content (AvgIpc) is 3.39. The van der Waals surface area contributed by atoms with Gasteiger partial charge in [0.2, 0.25) is 5.91 Å². The van der Waals surface area contributed by atoms with Gasteiger partial charge in [-0.25, -0.2) is 4.79 Å². The quantitative estimate of drug-likeness (QED) is 0.203. The number of carbonyl (C=O) groups is 2. The number of rotatable bonds is 8. The van der Waals surface area contributed by atoms with E-state index in [-0.39, 0.29) is 18.3 Å². The molecule has 0 unspecified atom stereocenters. The number of anilines is 1. The van der Waals surface area contributed by atoms with E-state index in [0.717, 1.165) is 27.3 Å². The van der Waals surface area contributed by atoms with Crippen LogP contribution >= 0.6 is 34.7 Å². The van der Waals surface area contributed by atoms with Crippen molar-refractivity contribution < 1.29 is 14.3 Å². The lowest BCUT2D eigenvalue weighted by Gasteiger charge is -2.11. The number of carbonyl (C=O) groups excluding carboxylic acids is 2. The molecule has 4 aromatic rings. The summed E-state index contributed by atoms with van der Waals surface area (Å²) in [4.78, 5) is 26.3. The molecule has 1 N–H and O–H groups in total. The Bertz CT molecular complexity index is 1400. The van der Waals surface area contributed by atoms with Crippen molar-refractivity contribution in [1.82, 2.24) is 14.8 Å². The second-order valence-corrected chi connectivity index (χ2v) is 10.6. The number of aryl methyl sites for hydroxylation is 2. The third-order valence-corrected chi connectivity index (χ3v) is 7.78. The van der Waals surface area contributed by atoms with Gasteiger partial charge >= 0.3 is 5.97 Å². The van der Waals surface area contributed by atoms with Gasteiger partial charge in [-0.1, -0.05) is 41.1 Å². The van der Waals surface area contributed by atoms with Gasteiger partial charge in [0.15, 0.2) is 11.0 Å². The second kappa shape index (κ2) is 11.3. The van der Waals surface area contributed by atoms with Crippen molar-refractivity contribution in [1.29, 1.82) is 0 Å². The molecular weight excluding hydrogens is 516 g/mol. The lowest BCUT2D eigenvalue weighted by molar-refractivity contribution is -0.113. The number of thiophene rings is 1. The zero-order valence-electron chi connectivity index (χ0n) is 20.3. The summed E-state index contributed by atoms with van der Waals surface area (Å²) in [7, 11) is 0. The highest BCUT2D eigenvalue weighted by Crippen LogP contribution is 2.34. The topological polar surface area (TPSA) is 86.1 Å². The van der Waals surface area contributed by atoms with E-state index < -0.39 is 5.97 Å². The Kier molecular flexibility index (Phi) is 8.13. The lowest BCUT2D eigenvalue weighted by Crippen LogP contribution is -2.16. The van der Waals surface area contributed by atoms with E-state index >= 15 is 0 Å². The zero-order valence-corrected chi connectivity index (χ0v) is 22.7. The number of halogens is 1. The zero-order chi connectivity index (χ0) is 25.8. The highest BCUT2D eigenvalue weighted by molar-refractivity contribution is 7.99. The van der Waals surface area contributed by atoms with Crippen molar-refractivity contribution in [3.8, 4) is 17.1 Å². The second-order valence-electron chi connectivity index (χ2n) is 8.03. The first-order chi connectivity index (χ1) is 17.3. The summed E-state index contributed by atoms with van der Waals surface area (Å²) in [5.74, 6) is 0.0444.